The van der Waals surface area contributed by atoms with Gasteiger partial charge in [-0.2, -0.15) is 9.97 Å². The highest BCUT2D eigenvalue weighted by Crippen LogP contribution is 2.65. The third-order valence-corrected chi connectivity index (χ3v) is 9.18. The molecule has 1 N–H and O–H groups in total. The number of rotatable bonds is 6. The summed E-state index contributed by atoms with van der Waals surface area (Å²) in [5.74, 6) is 3.62. The van der Waals surface area contributed by atoms with Crippen LogP contribution in [0.5, 0.6) is 0 Å². The van der Waals surface area contributed by atoms with Crippen molar-refractivity contribution >= 4 is 17.6 Å². The maximum atomic E-state index is 5.03. The summed E-state index contributed by atoms with van der Waals surface area (Å²) in [6.07, 6.45) is 3.93. The molecule has 1 saturated heterocycles. The zero-order chi connectivity index (χ0) is 23.2. The van der Waals surface area contributed by atoms with Crippen LogP contribution in [0.4, 0.5) is 17.6 Å². The van der Waals surface area contributed by atoms with Crippen LogP contribution >= 0.6 is 0 Å². The Morgan fingerprint density at radius 2 is 1.76 bits per heavy atom. The molecule has 3 atom stereocenters. The number of piperazine rings is 1. The molecule has 0 radical (unpaired) electrons. The van der Waals surface area contributed by atoms with Gasteiger partial charge < -0.3 is 15.1 Å². The second-order valence-corrected chi connectivity index (χ2v) is 11.4. The molecule has 178 valence electrons. The third-order valence-electron chi connectivity index (χ3n) is 9.18. The van der Waals surface area contributed by atoms with Crippen LogP contribution in [-0.2, 0) is 6.54 Å². The van der Waals surface area contributed by atoms with Crippen LogP contribution in [0.2, 0.25) is 0 Å². The molecule has 3 aliphatic rings. The molecule has 2 bridgehead atoms. The van der Waals surface area contributed by atoms with Crippen molar-refractivity contribution < 1.29 is 0 Å². The van der Waals surface area contributed by atoms with Gasteiger partial charge in [-0.1, -0.05) is 51.1 Å². The minimum Gasteiger partial charge on any atom is -0.367 e. The minimum atomic E-state index is 0.324. The minimum absolute atomic E-state index is 0.324. The summed E-state index contributed by atoms with van der Waals surface area (Å²) in [5, 5.41) is 3.87. The lowest BCUT2D eigenvalue weighted by atomic mass is 9.69. The van der Waals surface area contributed by atoms with Crippen molar-refractivity contribution in [3.05, 3.63) is 42.0 Å². The fourth-order valence-corrected chi connectivity index (χ4v) is 6.41. The van der Waals surface area contributed by atoms with Crippen LogP contribution in [0.1, 0.15) is 45.6 Å². The molecule has 1 aromatic carbocycles. The van der Waals surface area contributed by atoms with Gasteiger partial charge in [-0.3, -0.25) is 4.90 Å². The van der Waals surface area contributed by atoms with E-state index in [9.17, 15) is 0 Å². The van der Waals surface area contributed by atoms with Crippen LogP contribution < -0.4 is 15.1 Å². The predicted octanol–water partition coefficient (Wildman–Crippen LogP) is 4.49. The van der Waals surface area contributed by atoms with Gasteiger partial charge in [0, 0.05) is 58.9 Å². The standard InChI is InChI=1S/C27H40N6/c1-26(2)21-11-12-27(26,3)22(17-21)28-23-18-24(31(4)5)30-25(29-23)33-15-13-32(14-16-33)19-20-9-7-6-8-10-20/h6-10,18,21-22H,11-17,19H2,1-5H3,(H,28,29,30)/t21?,22-,27-/m0/s1. The number of aromatic nitrogens is 2. The monoisotopic (exact) mass is 448 g/mol. The average molecular weight is 449 g/mol. The predicted molar refractivity (Wildman–Crippen MR) is 137 cm³/mol. The SMILES string of the molecule is CN(C)c1cc(N[C@H]2CC3CC[C@]2(C)C3(C)C)nc(N2CCN(Cc3ccccc3)CC2)n1. The van der Waals surface area contributed by atoms with Gasteiger partial charge in [0.05, 0.1) is 0 Å². The number of benzene rings is 1. The summed E-state index contributed by atoms with van der Waals surface area (Å²) in [6, 6.07) is 13.4. The number of nitrogens with one attached hydrogen (secondary N) is 1. The Morgan fingerprint density at radius 1 is 1.03 bits per heavy atom. The van der Waals surface area contributed by atoms with Crippen LogP contribution in [0.15, 0.2) is 36.4 Å². The Morgan fingerprint density at radius 3 is 2.36 bits per heavy atom. The zero-order valence-corrected chi connectivity index (χ0v) is 21.0. The fraction of sp³-hybridized carbons (Fsp3) is 0.630. The lowest BCUT2D eigenvalue weighted by Crippen LogP contribution is -2.46. The summed E-state index contributed by atoms with van der Waals surface area (Å²) in [7, 11) is 4.13. The van der Waals surface area contributed by atoms with E-state index >= 15 is 0 Å². The summed E-state index contributed by atoms with van der Waals surface area (Å²) in [4.78, 5) is 16.9. The van der Waals surface area contributed by atoms with E-state index in [4.69, 9.17) is 9.97 Å². The molecule has 2 aliphatic carbocycles. The molecule has 3 fully saturated rings. The first kappa shape index (κ1) is 22.5. The molecule has 6 heteroatoms. The van der Waals surface area contributed by atoms with Gasteiger partial charge in [0.15, 0.2) is 0 Å². The summed E-state index contributed by atoms with van der Waals surface area (Å²) in [5.41, 5.74) is 2.09. The number of nitrogens with zero attached hydrogens (tertiary/aromatic N) is 5. The van der Waals surface area contributed by atoms with Crippen LogP contribution in [0.3, 0.4) is 0 Å². The van der Waals surface area contributed by atoms with Gasteiger partial charge in [0.25, 0.3) is 0 Å². The van der Waals surface area contributed by atoms with Crippen molar-refractivity contribution in [1.29, 1.82) is 0 Å². The van der Waals surface area contributed by atoms with E-state index in [2.05, 4.69) is 91.3 Å². The Kier molecular flexibility index (Phi) is 5.76. The van der Waals surface area contributed by atoms with E-state index in [1.807, 2.05) is 0 Å². The van der Waals surface area contributed by atoms with Crippen LogP contribution in [-0.4, -0.2) is 61.2 Å². The fourth-order valence-electron chi connectivity index (χ4n) is 6.41. The number of hydrogen-bond acceptors (Lipinski definition) is 6. The van der Waals surface area contributed by atoms with Crippen molar-refractivity contribution in [3.63, 3.8) is 0 Å². The molecular weight excluding hydrogens is 408 g/mol. The van der Waals surface area contributed by atoms with Crippen LogP contribution in [0.25, 0.3) is 0 Å². The van der Waals surface area contributed by atoms with Gasteiger partial charge in [-0.15, -0.1) is 0 Å². The van der Waals surface area contributed by atoms with E-state index < -0.39 is 0 Å². The first-order valence-electron chi connectivity index (χ1n) is 12.6. The van der Waals surface area contributed by atoms with E-state index in [0.717, 1.165) is 56.2 Å². The van der Waals surface area contributed by atoms with Gasteiger partial charge in [0.1, 0.15) is 11.6 Å². The van der Waals surface area contributed by atoms with Crippen molar-refractivity contribution in [2.75, 3.05) is 55.4 Å². The van der Waals surface area contributed by atoms with Gasteiger partial charge in [-0.25, -0.2) is 0 Å². The average Bonchev–Trinajstić information content (AvgIpc) is 3.14. The van der Waals surface area contributed by atoms with Crippen molar-refractivity contribution in [3.8, 4) is 0 Å². The van der Waals surface area contributed by atoms with Crippen molar-refractivity contribution in [2.45, 2.75) is 52.6 Å². The van der Waals surface area contributed by atoms with E-state index in [-0.39, 0.29) is 0 Å². The van der Waals surface area contributed by atoms with Crippen molar-refractivity contribution in [2.24, 2.45) is 16.7 Å². The highest BCUT2D eigenvalue weighted by molar-refractivity contribution is 5.54. The molecule has 2 aromatic rings. The molecule has 1 aliphatic heterocycles. The van der Waals surface area contributed by atoms with Gasteiger partial charge in [-0.05, 0) is 41.6 Å². The summed E-state index contributed by atoms with van der Waals surface area (Å²) >= 11 is 0. The second-order valence-electron chi connectivity index (χ2n) is 11.4. The Hall–Kier alpha value is -2.34. The molecule has 0 amide bonds. The first-order valence-corrected chi connectivity index (χ1v) is 12.6. The number of anilines is 3. The third kappa shape index (κ3) is 4.07. The Labute approximate surface area is 199 Å². The highest BCUT2D eigenvalue weighted by atomic mass is 15.3. The largest absolute Gasteiger partial charge is 0.367 e. The van der Waals surface area contributed by atoms with Crippen molar-refractivity contribution in [1.82, 2.24) is 14.9 Å². The molecule has 5 rings (SSSR count). The maximum Gasteiger partial charge on any atom is 0.229 e. The Bertz CT molecular complexity index is 966. The molecule has 33 heavy (non-hydrogen) atoms. The molecule has 2 saturated carbocycles. The van der Waals surface area contributed by atoms with Gasteiger partial charge >= 0.3 is 0 Å². The quantitative estimate of drug-likeness (QED) is 0.703. The molecule has 1 unspecified atom stereocenters. The lowest BCUT2D eigenvalue weighted by Gasteiger charge is -2.40. The number of fused-ring (bicyclic) bond motifs is 2. The zero-order valence-electron chi connectivity index (χ0n) is 21.0. The van der Waals surface area contributed by atoms with E-state index in [1.165, 1.54) is 24.8 Å². The second kappa shape index (κ2) is 8.46. The summed E-state index contributed by atoms with van der Waals surface area (Å²) in [6.45, 7) is 12.4. The lowest BCUT2D eigenvalue weighted by molar-refractivity contribution is 0.142. The Balaban J connectivity index is 1.30. The molecule has 2 heterocycles. The molecular formula is C27H40N6. The summed E-state index contributed by atoms with van der Waals surface area (Å²) < 4.78 is 0. The topological polar surface area (TPSA) is 47.5 Å². The number of hydrogen-bond donors (Lipinski definition) is 1. The smallest absolute Gasteiger partial charge is 0.229 e. The molecule has 1 aromatic heterocycles. The van der Waals surface area contributed by atoms with E-state index in [1.54, 1.807) is 0 Å². The highest BCUT2D eigenvalue weighted by Gasteiger charge is 2.61. The maximum absolute atomic E-state index is 5.03. The molecule has 6 nitrogen and oxygen atoms in total. The van der Waals surface area contributed by atoms with Gasteiger partial charge in [0.2, 0.25) is 5.95 Å². The molecule has 0 spiro atoms. The first-order chi connectivity index (χ1) is 15.8. The normalized spacial score (nSPS) is 28.8. The van der Waals surface area contributed by atoms with E-state index in [0.29, 0.717) is 16.9 Å². The van der Waals surface area contributed by atoms with Crippen LogP contribution in [0, 0.1) is 16.7 Å².